The van der Waals surface area contributed by atoms with Crippen LogP contribution < -0.4 is 4.74 Å². The third kappa shape index (κ3) is 5.57. The molecule has 1 saturated heterocycles. The topological polar surface area (TPSA) is 56.6 Å². The van der Waals surface area contributed by atoms with Crippen molar-refractivity contribution in [1.82, 2.24) is 14.7 Å². The molecule has 190 valence electrons. The summed E-state index contributed by atoms with van der Waals surface area (Å²) in [5, 5.41) is 5.37. The molecule has 0 spiro atoms. The lowest BCUT2D eigenvalue weighted by molar-refractivity contribution is -0.137. The number of carbonyl (C=O) groups excluding carboxylic acids is 1. The van der Waals surface area contributed by atoms with Crippen LogP contribution in [-0.2, 0) is 16.1 Å². The minimum absolute atomic E-state index is 0.0366. The second kappa shape index (κ2) is 11.0. The van der Waals surface area contributed by atoms with Crippen molar-refractivity contribution < 1.29 is 18.7 Å². The highest BCUT2D eigenvalue weighted by molar-refractivity contribution is 6.30. The van der Waals surface area contributed by atoms with Crippen molar-refractivity contribution in [1.29, 1.82) is 0 Å². The van der Waals surface area contributed by atoms with E-state index in [9.17, 15) is 9.18 Å². The lowest BCUT2D eigenvalue weighted by Crippen LogP contribution is -2.40. The molecule has 2 aliphatic rings. The van der Waals surface area contributed by atoms with E-state index in [-0.39, 0.29) is 23.7 Å². The average molecular weight is 512 g/mol. The summed E-state index contributed by atoms with van der Waals surface area (Å²) >= 11 is 6.11. The summed E-state index contributed by atoms with van der Waals surface area (Å²) in [4.78, 5) is 15.5. The van der Waals surface area contributed by atoms with Gasteiger partial charge in [-0.05, 0) is 69.0 Å². The predicted octanol–water partition coefficient (Wildman–Crippen LogP) is 6.46. The van der Waals surface area contributed by atoms with Gasteiger partial charge < -0.3 is 14.4 Å². The van der Waals surface area contributed by atoms with Gasteiger partial charge in [-0.3, -0.25) is 4.79 Å². The minimum atomic E-state index is -0.389. The number of hydrogen-bond acceptors (Lipinski definition) is 4. The van der Waals surface area contributed by atoms with Crippen LogP contribution in [0.1, 0.15) is 49.8 Å². The highest BCUT2D eigenvalue weighted by Gasteiger charge is 2.32. The van der Waals surface area contributed by atoms with Gasteiger partial charge in [0, 0.05) is 30.2 Å². The van der Waals surface area contributed by atoms with Crippen molar-refractivity contribution >= 4 is 17.5 Å². The van der Waals surface area contributed by atoms with Crippen molar-refractivity contribution in [3.8, 4) is 17.3 Å². The first kappa shape index (κ1) is 24.8. The normalized spacial score (nSPS) is 18.0. The Morgan fingerprint density at radius 1 is 1.17 bits per heavy atom. The molecule has 0 radical (unpaired) electrons. The molecule has 1 unspecified atom stereocenters. The predicted molar refractivity (Wildman–Crippen MR) is 136 cm³/mol. The number of rotatable bonds is 8. The quantitative estimate of drug-likeness (QED) is 0.348. The Morgan fingerprint density at radius 3 is 2.64 bits per heavy atom. The summed E-state index contributed by atoms with van der Waals surface area (Å²) in [7, 11) is 0. The van der Waals surface area contributed by atoms with Crippen LogP contribution in [0, 0.1) is 18.7 Å². The minimum Gasteiger partial charge on any atom is -0.438 e. The number of amides is 1. The summed E-state index contributed by atoms with van der Waals surface area (Å²) in [5.74, 6) is 0.639. The van der Waals surface area contributed by atoms with Gasteiger partial charge in [-0.1, -0.05) is 30.5 Å². The zero-order valence-electron chi connectivity index (χ0n) is 20.5. The molecule has 2 heterocycles. The standard InChI is InChI=1S/C28H31ClFN3O3/c1-19-26(18-32(17-25-10-5-15-35-25)27(34)20-6-2-3-7-20)28(36-24-9-4-8-22(30)16-24)33(31-19)23-13-11-21(29)12-14-23/h4,8-9,11-14,16,20,25H,2-3,5-7,10,15,17-18H2,1H3. The van der Waals surface area contributed by atoms with Gasteiger partial charge in [0.15, 0.2) is 0 Å². The maximum Gasteiger partial charge on any atom is 0.227 e. The third-order valence-electron chi connectivity index (χ3n) is 7.03. The first-order valence-corrected chi connectivity index (χ1v) is 13.0. The molecule has 2 aromatic carbocycles. The molecule has 8 heteroatoms. The number of carbonyl (C=O) groups is 1. The molecule has 3 aromatic rings. The highest BCUT2D eigenvalue weighted by atomic mass is 35.5. The maximum atomic E-state index is 14.0. The van der Waals surface area contributed by atoms with Gasteiger partial charge in [-0.15, -0.1) is 0 Å². The summed E-state index contributed by atoms with van der Waals surface area (Å²) in [5.41, 5.74) is 2.29. The summed E-state index contributed by atoms with van der Waals surface area (Å²) < 4.78 is 27.8. The fourth-order valence-electron chi connectivity index (χ4n) is 5.11. The Hall–Kier alpha value is -2.90. The third-order valence-corrected chi connectivity index (χ3v) is 7.28. The monoisotopic (exact) mass is 511 g/mol. The Labute approximate surface area is 216 Å². The summed E-state index contributed by atoms with van der Waals surface area (Å²) in [6, 6.07) is 13.3. The van der Waals surface area contributed by atoms with E-state index >= 15 is 0 Å². The fourth-order valence-corrected chi connectivity index (χ4v) is 5.24. The lowest BCUT2D eigenvalue weighted by Gasteiger charge is -2.28. The van der Waals surface area contributed by atoms with Crippen LogP contribution in [0.25, 0.3) is 5.69 Å². The van der Waals surface area contributed by atoms with Crippen molar-refractivity contribution in [2.24, 2.45) is 5.92 Å². The molecule has 1 saturated carbocycles. The van der Waals surface area contributed by atoms with Crippen LogP contribution in [0.4, 0.5) is 4.39 Å². The van der Waals surface area contributed by atoms with Gasteiger partial charge in [0.1, 0.15) is 11.6 Å². The van der Waals surface area contributed by atoms with Crippen molar-refractivity contribution in [3.63, 3.8) is 0 Å². The largest absolute Gasteiger partial charge is 0.438 e. The number of aromatic nitrogens is 2. The fraction of sp³-hybridized carbons (Fsp3) is 0.429. The first-order chi connectivity index (χ1) is 17.5. The molecule has 1 aliphatic carbocycles. The second-order valence-corrected chi connectivity index (χ2v) is 10.1. The SMILES string of the molecule is Cc1nn(-c2ccc(Cl)cc2)c(Oc2cccc(F)c2)c1CN(CC1CCCO1)C(=O)C1CCCC1. The first-order valence-electron chi connectivity index (χ1n) is 12.7. The van der Waals surface area contributed by atoms with Gasteiger partial charge in [0.25, 0.3) is 0 Å². The van der Waals surface area contributed by atoms with E-state index in [0.29, 0.717) is 29.7 Å². The van der Waals surface area contributed by atoms with Crippen molar-refractivity contribution in [3.05, 3.63) is 70.6 Å². The molecule has 1 atom stereocenters. The molecule has 0 N–H and O–H groups in total. The van der Waals surface area contributed by atoms with Crippen LogP contribution in [0.15, 0.2) is 48.5 Å². The Morgan fingerprint density at radius 2 is 1.94 bits per heavy atom. The van der Waals surface area contributed by atoms with Gasteiger partial charge in [0.2, 0.25) is 11.8 Å². The van der Waals surface area contributed by atoms with Crippen LogP contribution in [-0.4, -0.2) is 39.8 Å². The number of benzene rings is 2. The number of nitrogens with zero attached hydrogens (tertiary/aromatic N) is 3. The van der Waals surface area contributed by atoms with Gasteiger partial charge >= 0.3 is 0 Å². The Bertz CT molecular complexity index is 1200. The van der Waals surface area contributed by atoms with Crippen LogP contribution in [0.5, 0.6) is 11.6 Å². The number of aryl methyl sites for hydroxylation is 1. The van der Waals surface area contributed by atoms with Gasteiger partial charge in [0.05, 0.1) is 29.6 Å². The molecule has 1 aromatic heterocycles. The zero-order valence-corrected chi connectivity index (χ0v) is 21.2. The molecule has 1 amide bonds. The van der Waals surface area contributed by atoms with Crippen molar-refractivity contribution in [2.75, 3.05) is 13.2 Å². The number of hydrogen-bond donors (Lipinski definition) is 0. The van der Waals surface area contributed by atoms with E-state index in [1.807, 2.05) is 24.0 Å². The van der Waals surface area contributed by atoms with Crippen LogP contribution >= 0.6 is 11.6 Å². The Balaban J connectivity index is 1.52. The molecule has 6 nitrogen and oxygen atoms in total. The molecule has 2 fully saturated rings. The van der Waals surface area contributed by atoms with E-state index in [1.54, 1.807) is 28.9 Å². The molecule has 36 heavy (non-hydrogen) atoms. The zero-order chi connectivity index (χ0) is 25.1. The van der Waals surface area contributed by atoms with E-state index in [4.69, 9.17) is 26.2 Å². The second-order valence-electron chi connectivity index (χ2n) is 9.65. The molecule has 5 rings (SSSR count). The molecule has 1 aliphatic heterocycles. The number of ether oxygens (including phenoxy) is 2. The lowest BCUT2D eigenvalue weighted by atomic mass is 10.1. The maximum absolute atomic E-state index is 14.0. The van der Waals surface area contributed by atoms with E-state index in [0.717, 1.165) is 62.1 Å². The molecule has 0 bridgehead atoms. The Kier molecular flexibility index (Phi) is 7.58. The van der Waals surface area contributed by atoms with Gasteiger partial charge in [-0.25, -0.2) is 9.07 Å². The summed E-state index contributed by atoms with van der Waals surface area (Å²) in [6.45, 7) is 3.53. The number of halogens is 2. The van der Waals surface area contributed by atoms with E-state index < -0.39 is 0 Å². The van der Waals surface area contributed by atoms with E-state index in [2.05, 4.69) is 0 Å². The summed E-state index contributed by atoms with van der Waals surface area (Å²) in [6.07, 6.45) is 6.03. The van der Waals surface area contributed by atoms with Gasteiger partial charge in [-0.2, -0.15) is 5.10 Å². The average Bonchev–Trinajstić information content (AvgIpc) is 3.63. The van der Waals surface area contributed by atoms with Crippen LogP contribution in [0.3, 0.4) is 0 Å². The molecular formula is C28H31ClFN3O3. The van der Waals surface area contributed by atoms with E-state index in [1.165, 1.54) is 12.1 Å². The van der Waals surface area contributed by atoms with Crippen LogP contribution in [0.2, 0.25) is 5.02 Å². The smallest absolute Gasteiger partial charge is 0.227 e. The van der Waals surface area contributed by atoms with Crippen molar-refractivity contribution in [2.45, 2.75) is 58.1 Å². The molecular weight excluding hydrogens is 481 g/mol. The highest BCUT2D eigenvalue weighted by Crippen LogP contribution is 2.34.